The Balaban J connectivity index is 2.05. The van der Waals surface area contributed by atoms with Gasteiger partial charge in [0.25, 0.3) is 0 Å². The minimum absolute atomic E-state index is 0.204. The molecule has 0 amide bonds. The lowest BCUT2D eigenvalue weighted by Crippen LogP contribution is -1.96. The fourth-order valence-corrected chi connectivity index (χ4v) is 1.68. The summed E-state index contributed by atoms with van der Waals surface area (Å²) < 4.78 is 1.82. The van der Waals surface area contributed by atoms with Gasteiger partial charge >= 0.3 is 0 Å². The number of aliphatic hydroxyl groups is 1. The van der Waals surface area contributed by atoms with Gasteiger partial charge in [-0.15, -0.1) is 0 Å². The Morgan fingerprint density at radius 1 is 1.56 bits per heavy atom. The molecule has 0 aliphatic heterocycles. The van der Waals surface area contributed by atoms with Crippen molar-refractivity contribution < 1.29 is 5.11 Å². The Morgan fingerprint density at radius 3 is 3.19 bits per heavy atom. The maximum Gasteiger partial charge on any atom is 0.222 e. The minimum atomic E-state index is 0.204. The molecule has 0 saturated heterocycles. The van der Waals surface area contributed by atoms with Gasteiger partial charge in [-0.1, -0.05) is 0 Å². The molecule has 1 fully saturated rings. The van der Waals surface area contributed by atoms with Gasteiger partial charge in [0.15, 0.2) is 5.65 Å². The van der Waals surface area contributed by atoms with Crippen molar-refractivity contribution in [1.82, 2.24) is 19.5 Å². The molecule has 0 bridgehead atoms. The summed E-state index contributed by atoms with van der Waals surface area (Å²) in [5.74, 6) is 0.541. The first kappa shape index (κ1) is 9.29. The number of rotatable bonds is 2. The quantitative estimate of drug-likeness (QED) is 0.753. The molecular formula is C10H11N5O. The van der Waals surface area contributed by atoms with Crippen LogP contribution in [0.5, 0.6) is 0 Å². The zero-order valence-corrected chi connectivity index (χ0v) is 8.54. The van der Waals surface area contributed by atoms with Crippen molar-refractivity contribution in [3.05, 3.63) is 18.1 Å². The van der Waals surface area contributed by atoms with Gasteiger partial charge in [-0.25, -0.2) is 9.97 Å². The van der Waals surface area contributed by atoms with Crippen LogP contribution in [0.3, 0.4) is 0 Å². The van der Waals surface area contributed by atoms with E-state index in [0.717, 1.165) is 6.42 Å². The van der Waals surface area contributed by atoms with Gasteiger partial charge in [0.2, 0.25) is 5.95 Å². The molecule has 82 valence electrons. The number of hydrogen-bond donors (Lipinski definition) is 2. The first-order chi connectivity index (χ1) is 7.78. The number of aliphatic hydroxyl groups excluding tert-OH is 1. The summed E-state index contributed by atoms with van der Waals surface area (Å²) in [6, 6.07) is 0. The topological polar surface area (TPSA) is 89.8 Å². The highest BCUT2D eigenvalue weighted by molar-refractivity contribution is 5.73. The molecule has 1 atom stereocenters. The molecule has 0 unspecified atom stereocenters. The number of fused-ring (bicyclic) bond motifs is 1. The number of anilines is 1. The summed E-state index contributed by atoms with van der Waals surface area (Å²) in [7, 11) is 0. The van der Waals surface area contributed by atoms with Crippen LogP contribution in [0, 0.1) is 5.92 Å². The van der Waals surface area contributed by atoms with E-state index in [0.29, 0.717) is 17.1 Å². The Labute approximate surface area is 91.5 Å². The first-order valence-electron chi connectivity index (χ1n) is 5.04. The third-order valence-corrected chi connectivity index (χ3v) is 2.71. The van der Waals surface area contributed by atoms with Crippen LogP contribution in [0.25, 0.3) is 17.4 Å². The molecular weight excluding hydrogens is 206 g/mol. The highest BCUT2D eigenvalue weighted by Gasteiger charge is 2.28. The highest BCUT2D eigenvalue weighted by Crippen LogP contribution is 2.37. The van der Waals surface area contributed by atoms with Crippen molar-refractivity contribution in [2.45, 2.75) is 6.42 Å². The molecule has 1 aliphatic carbocycles. The monoisotopic (exact) mass is 217 g/mol. The predicted molar refractivity (Wildman–Crippen MR) is 59.2 cm³/mol. The van der Waals surface area contributed by atoms with E-state index in [1.54, 1.807) is 12.5 Å². The highest BCUT2D eigenvalue weighted by atomic mass is 16.3. The van der Waals surface area contributed by atoms with E-state index < -0.39 is 0 Å². The average molecular weight is 217 g/mol. The lowest BCUT2D eigenvalue weighted by molar-refractivity contribution is 0.281. The lowest BCUT2D eigenvalue weighted by Gasteiger charge is -1.95. The summed E-state index contributed by atoms with van der Waals surface area (Å²) in [4.78, 5) is 12.2. The number of aromatic nitrogens is 4. The fourth-order valence-electron chi connectivity index (χ4n) is 1.68. The average Bonchev–Trinajstić information content (AvgIpc) is 2.93. The molecule has 3 rings (SSSR count). The van der Waals surface area contributed by atoms with Gasteiger partial charge in [-0.3, -0.25) is 4.57 Å². The van der Waals surface area contributed by atoms with Gasteiger partial charge in [0.1, 0.15) is 11.8 Å². The number of nitrogens with zero attached hydrogens (tertiary/aromatic N) is 4. The zero-order chi connectivity index (χ0) is 11.1. The van der Waals surface area contributed by atoms with Crippen molar-refractivity contribution in [1.29, 1.82) is 0 Å². The van der Waals surface area contributed by atoms with E-state index in [9.17, 15) is 0 Å². The Kier molecular flexibility index (Phi) is 1.90. The molecule has 6 heteroatoms. The molecule has 0 radical (unpaired) electrons. The van der Waals surface area contributed by atoms with E-state index in [1.807, 2.05) is 10.8 Å². The standard InChI is InChI=1S/C10H11N5O/c11-10-12-2-8-9(14-10)15(5-13-8)3-6-1-7(6)4-16/h2-3,5,7,16H,1,4H2,(H2,11,12,14)/t7-/m1/s1. The second-order valence-electron chi connectivity index (χ2n) is 3.88. The molecule has 1 aliphatic rings. The molecule has 16 heavy (non-hydrogen) atoms. The predicted octanol–water partition coefficient (Wildman–Crippen LogP) is 0.262. The van der Waals surface area contributed by atoms with Gasteiger partial charge in [0.05, 0.1) is 6.20 Å². The molecule has 1 saturated carbocycles. The lowest BCUT2D eigenvalue weighted by atomic mass is 10.4. The molecule has 2 aromatic heterocycles. The number of nitrogen functional groups attached to an aromatic ring is 1. The van der Waals surface area contributed by atoms with Crippen LogP contribution in [0.2, 0.25) is 0 Å². The third-order valence-electron chi connectivity index (χ3n) is 2.71. The normalized spacial score (nSPS) is 21.8. The number of hydrogen-bond acceptors (Lipinski definition) is 5. The fraction of sp³-hybridized carbons (Fsp3) is 0.300. The molecule has 2 heterocycles. The van der Waals surface area contributed by atoms with Crippen LogP contribution >= 0.6 is 0 Å². The summed E-state index contributed by atoms with van der Waals surface area (Å²) in [5.41, 5.74) is 8.15. The van der Waals surface area contributed by atoms with E-state index in [2.05, 4.69) is 15.0 Å². The summed E-state index contributed by atoms with van der Waals surface area (Å²) in [6.45, 7) is 0.204. The van der Waals surface area contributed by atoms with E-state index in [4.69, 9.17) is 10.8 Å². The van der Waals surface area contributed by atoms with E-state index in [-0.39, 0.29) is 12.6 Å². The van der Waals surface area contributed by atoms with Gasteiger partial charge in [-0.2, -0.15) is 4.98 Å². The smallest absolute Gasteiger partial charge is 0.222 e. The molecule has 0 spiro atoms. The molecule has 2 aromatic rings. The van der Waals surface area contributed by atoms with Crippen molar-refractivity contribution >= 4 is 23.3 Å². The third kappa shape index (κ3) is 1.43. The van der Waals surface area contributed by atoms with Crippen molar-refractivity contribution in [3.8, 4) is 0 Å². The van der Waals surface area contributed by atoms with Crippen molar-refractivity contribution in [2.24, 2.45) is 5.92 Å². The van der Waals surface area contributed by atoms with E-state index >= 15 is 0 Å². The largest absolute Gasteiger partial charge is 0.396 e. The number of nitrogens with two attached hydrogens (primary N) is 1. The van der Waals surface area contributed by atoms with Gasteiger partial charge < -0.3 is 10.8 Å². The van der Waals surface area contributed by atoms with Crippen LogP contribution in [0.15, 0.2) is 18.1 Å². The molecule has 3 N–H and O–H groups in total. The van der Waals surface area contributed by atoms with Crippen LogP contribution in [0.1, 0.15) is 6.42 Å². The number of imidazole rings is 1. The Hall–Kier alpha value is -1.95. The van der Waals surface area contributed by atoms with Gasteiger partial charge in [-0.05, 0) is 12.0 Å². The SMILES string of the molecule is Nc1ncc2ncn(C=C3C[C@@H]3CO)c2n1. The second kappa shape index (κ2) is 3.28. The maximum atomic E-state index is 8.95. The van der Waals surface area contributed by atoms with Crippen molar-refractivity contribution in [2.75, 3.05) is 12.3 Å². The summed E-state index contributed by atoms with van der Waals surface area (Å²) >= 11 is 0. The minimum Gasteiger partial charge on any atom is -0.396 e. The van der Waals surface area contributed by atoms with Crippen LogP contribution in [0.4, 0.5) is 5.95 Å². The zero-order valence-electron chi connectivity index (χ0n) is 8.54. The summed E-state index contributed by atoms with van der Waals surface area (Å²) in [5, 5.41) is 8.95. The Bertz CT molecular complexity index is 574. The molecule has 6 nitrogen and oxygen atoms in total. The van der Waals surface area contributed by atoms with E-state index in [1.165, 1.54) is 5.57 Å². The second-order valence-corrected chi connectivity index (χ2v) is 3.88. The first-order valence-corrected chi connectivity index (χ1v) is 5.04. The Morgan fingerprint density at radius 2 is 2.44 bits per heavy atom. The van der Waals surface area contributed by atoms with Crippen molar-refractivity contribution in [3.63, 3.8) is 0 Å². The van der Waals surface area contributed by atoms with Crippen LogP contribution in [-0.4, -0.2) is 31.2 Å². The van der Waals surface area contributed by atoms with Crippen LogP contribution in [-0.2, 0) is 0 Å². The summed E-state index contributed by atoms with van der Waals surface area (Å²) in [6.07, 6.45) is 6.17. The molecule has 0 aromatic carbocycles. The maximum absolute atomic E-state index is 8.95. The van der Waals surface area contributed by atoms with Gasteiger partial charge in [0, 0.05) is 18.7 Å². The van der Waals surface area contributed by atoms with Crippen LogP contribution < -0.4 is 5.73 Å².